The van der Waals surface area contributed by atoms with E-state index in [0.29, 0.717) is 33.1 Å². The number of nitrogens with one attached hydrogen (secondary N) is 1. The summed E-state index contributed by atoms with van der Waals surface area (Å²) in [5, 5.41) is 8.86. The SMILES string of the molecule is CC#Cc1csc2nc([C@H](C)NC(=O)c3c(N)nn4cccnc34)c(-c3ccccc3)c(=O)n12. The summed E-state index contributed by atoms with van der Waals surface area (Å²) in [6.45, 7) is 3.49. The van der Waals surface area contributed by atoms with Gasteiger partial charge in [-0.05, 0) is 31.4 Å². The summed E-state index contributed by atoms with van der Waals surface area (Å²) in [6.07, 6.45) is 3.23. The first-order valence-corrected chi connectivity index (χ1v) is 11.3. The van der Waals surface area contributed by atoms with E-state index in [1.54, 1.807) is 37.7 Å². The van der Waals surface area contributed by atoms with E-state index < -0.39 is 11.9 Å². The molecule has 5 rings (SSSR count). The third kappa shape index (κ3) is 3.48. The average molecular weight is 470 g/mol. The number of amides is 1. The fourth-order valence-electron chi connectivity index (χ4n) is 3.83. The lowest BCUT2D eigenvalue weighted by Crippen LogP contribution is -2.30. The molecule has 0 aliphatic carbocycles. The molecule has 0 aliphatic heterocycles. The zero-order chi connectivity index (χ0) is 23.8. The number of nitrogens with zero attached hydrogens (tertiary/aromatic N) is 5. The Kier molecular flexibility index (Phi) is 5.31. The normalized spacial score (nSPS) is 11.8. The van der Waals surface area contributed by atoms with Gasteiger partial charge >= 0.3 is 0 Å². The maximum Gasteiger partial charge on any atom is 0.267 e. The molecule has 1 amide bonds. The molecule has 168 valence electrons. The summed E-state index contributed by atoms with van der Waals surface area (Å²) >= 11 is 1.32. The van der Waals surface area contributed by atoms with Gasteiger partial charge in [-0.15, -0.1) is 16.4 Å². The predicted octanol–water partition coefficient (Wildman–Crippen LogP) is 2.91. The molecule has 0 fully saturated rings. The van der Waals surface area contributed by atoms with Gasteiger partial charge in [0.25, 0.3) is 11.5 Å². The highest BCUT2D eigenvalue weighted by Crippen LogP contribution is 2.27. The fourth-order valence-corrected chi connectivity index (χ4v) is 4.65. The Labute approximate surface area is 197 Å². The fraction of sp³-hybridized carbons (Fsp3) is 0.125. The standard InChI is InChI=1S/C24H19N7O2S/c1-3-8-16-13-34-24-28-19(17(23(33)31(16)24)15-9-5-4-6-10-15)14(2)27-22(32)18-20(25)29-30-12-7-11-26-21(18)30/h4-7,9-14H,1-2H3,(H2,25,29)(H,27,32)/t14-/m0/s1. The number of thiazole rings is 1. The van der Waals surface area contributed by atoms with E-state index in [9.17, 15) is 9.59 Å². The van der Waals surface area contributed by atoms with Crippen LogP contribution in [0.25, 0.3) is 21.7 Å². The number of carbonyl (C=O) groups excluding carboxylic acids is 1. The van der Waals surface area contributed by atoms with Crippen LogP contribution in [0.1, 0.15) is 41.6 Å². The van der Waals surface area contributed by atoms with Crippen molar-refractivity contribution in [2.75, 3.05) is 5.73 Å². The second kappa shape index (κ2) is 8.46. The van der Waals surface area contributed by atoms with E-state index in [1.165, 1.54) is 20.3 Å². The summed E-state index contributed by atoms with van der Waals surface area (Å²) in [4.78, 5) is 36.3. The number of benzene rings is 1. The minimum Gasteiger partial charge on any atom is -0.381 e. The summed E-state index contributed by atoms with van der Waals surface area (Å²) < 4.78 is 2.96. The first kappa shape index (κ1) is 21.4. The Hall–Kier alpha value is -4.49. The van der Waals surface area contributed by atoms with E-state index in [-0.39, 0.29) is 16.9 Å². The molecule has 9 nitrogen and oxygen atoms in total. The zero-order valence-electron chi connectivity index (χ0n) is 18.3. The van der Waals surface area contributed by atoms with Gasteiger partial charge in [-0.2, -0.15) is 0 Å². The molecule has 0 saturated carbocycles. The molecule has 10 heteroatoms. The minimum atomic E-state index is -0.610. The first-order chi connectivity index (χ1) is 16.5. The van der Waals surface area contributed by atoms with Crippen LogP contribution < -0.4 is 16.6 Å². The Morgan fingerprint density at radius 3 is 2.79 bits per heavy atom. The topological polar surface area (TPSA) is 120 Å². The summed E-state index contributed by atoms with van der Waals surface area (Å²) in [5.74, 6) is 5.40. The van der Waals surface area contributed by atoms with Gasteiger partial charge in [0.05, 0.1) is 17.3 Å². The molecule has 4 heterocycles. The largest absolute Gasteiger partial charge is 0.381 e. The maximum atomic E-state index is 13.7. The number of hydrogen-bond acceptors (Lipinski definition) is 7. The van der Waals surface area contributed by atoms with Crippen LogP contribution in [0.4, 0.5) is 5.82 Å². The van der Waals surface area contributed by atoms with E-state index >= 15 is 0 Å². The number of hydrogen-bond donors (Lipinski definition) is 2. The Bertz CT molecular complexity index is 1670. The maximum absolute atomic E-state index is 13.7. The third-order valence-electron chi connectivity index (χ3n) is 5.32. The van der Waals surface area contributed by atoms with Gasteiger partial charge in [0.1, 0.15) is 11.3 Å². The van der Waals surface area contributed by atoms with Crippen LogP contribution in [0.2, 0.25) is 0 Å². The average Bonchev–Trinajstić information content (AvgIpc) is 3.39. The molecule has 5 aromatic rings. The summed E-state index contributed by atoms with van der Waals surface area (Å²) in [7, 11) is 0. The molecule has 4 aromatic heterocycles. The Morgan fingerprint density at radius 2 is 2.03 bits per heavy atom. The number of nitrogen functional groups attached to an aromatic ring is 1. The monoisotopic (exact) mass is 469 g/mol. The molecule has 0 spiro atoms. The van der Waals surface area contributed by atoms with Crippen LogP contribution in [-0.2, 0) is 0 Å². The Morgan fingerprint density at radius 1 is 1.24 bits per heavy atom. The number of fused-ring (bicyclic) bond motifs is 2. The van der Waals surface area contributed by atoms with Crippen molar-refractivity contribution in [3.8, 4) is 23.0 Å². The van der Waals surface area contributed by atoms with E-state index in [0.717, 1.165) is 0 Å². The highest BCUT2D eigenvalue weighted by Gasteiger charge is 2.25. The van der Waals surface area contributed by atoms with Crippen LogP contribution in [0.3, 0.4) is 0 Å². The van der Waals surface area contributed by atoms with Gasteiger partial charge in [-0.25, -0.2) is 18.9 Å². The molecule has 0 aliphatic rings. The van der Waals surface area contributed by atoms with Gasteiger partial charge in [-0.3, -0.25) is 9.59 Å². The van der Waals surface area contributed by atoms with Gasteiger partial charge < -0.3 is 11.1 Å². The number of aromatic nitrogens is 5. The van der Waals surface area contributed by atoms with Gasteiger partial charge in [-0.1, -0.05) is 36.3 Å². The quantitative estimate of drug-likeness (QED) is 0.391. The zero-order valence-corrected chi connectivity index (χ0v) is 19.1. The highest BCUT2D eigenvalue weighted by molar-refractivity contribution is 7.15. The van der Waals surface area contributed by atoms with Crippen LogP contribution in [0.5, 0.6) is 0 Å². The van der Waals surface area contributed by atoms with Gasteiger partial charge in [0, 0.05) is 17.8 Å². The minimum absolute atomic E-state index is 0.0659. The highest BCUT2D eigenvalue weighted by atomic mass is 32.1. The van der Waals surface area contributed by atoms with Gasteiger partial charge in [0.2, 0.25) is 0 Å². The molecule has 1 aromatic carbocycles. The summed E-state index contributed by atoms with van der Waals surface area (Å²) in [6, 6.07) is 10.3. The molecule has 1 atom stereocenters. The second-order valence-electron chi connectivity index (χ2n) is 7.50. The van der Waals surface area contributed by atoms with Crippen LogP contribution in [0.15, 0.2) is 59.0 Å². The molecule has 0 unspecified atom stereocenters. The Balaban J connectivity index is 1.64. The van der Waals surface area contributed by atoms with E-state index in [1.807, 2.05) is 30.3 Å². The lowest BCUT2D eigenvalue weighted by Gasteiger charge is -2.17. The predicted molar refractivity (Wildman–Crippen MR) is 131 cm³/mol. The van der Waals surface area contributed by atoms with Crippen molar-refractivity contribution < 1.29 is 4.79 Å². The second-order valence-corrected chi connectivity index (χ2v) is 8.34. The molecule has 0 bridgehead atoms. The third-order valence-corrected chi connectivity index (χ3v) is 6.15. The van der Waals surface area contributed by atoms with Gasteiger partial charge in [0.15, 0.2) is 16.4 Å². The molecule has 34 heavy (non-hydrogen) atoms. The smallest absolute Gasteiger partial charge is 0.267 e. The number of carbonyl (C=O) groups is 1. The molecule has 3 N–H and O–H groups in total. The summed E-state index contributed by atoms with van der Waals surface area (Å²) in [5.41, 5.74) is 8.39. The lowest BCUT2D eigenvalue weighted by atomic mass is 10.0. The number of nitrogens with two attached hydrogens (primary N) is 1. The number of rotatable bonds is 4. The van der Waals surface area contributed by atoms with Crippen molar-refractivity contribution in [1.29, 1.82) is 0 Å². The first-order valence-electron chi connectivity index (χ1n) is 10.4. The number of anilines is 1. The van der Waals surface area contributed by atoms with Crippen molar-refractivity contribution >= 4 is 33.7 Å². The molecule has 0 radical (unpaired) electrons. The van der Waals surface area contributed by atoms with Crippen LogP contribution in [0, 0.1) is 11.8 Å². The molecule has 0 saturated heterocycles. The lowest BCUT2D eigenvalue weighted by molar-refractivity contribution is 0.0941. The van der Waals surface area contributed by atoms with Crippen LogP contribution >= 0.6 is 11.3 Å². The molecular formula is C24H19N7O2S. The van der Waals surface area contributed by atoms with Crippen molar-refractivity contribution in [1.82, 2.24) is 29.3 Å². The van der Waals surface area contributed by atoms with Crippen molar-refractivity contribution in [2.45, 2.75) is 19.9 Å². The van der Waals surface area contributed by atoms with Crippen molar-refractivity contribution in [3.63, 3.8) is 0 Å². The van der Waals surface area contributed by atoms with E-state index in [2.05, 4.69) is 27.2 Å². The van der Waals surface area contributed by atoms with Crippen molar-refractivity contribution in [2.24, 2.45) is 0 Å². The van der Waals surface area contributed by atoms with E-state index in [4.69, 9.17) is 10.7 Å². The van der Waals surface area contributed by atoms with Crippen LogP contribution in [-0.4, -0.2) is 29.9 Å². The van der Waals surface area contributed by atoms with Crippen molar-refractivity contribution in [3.05, 3.63) is 81.5 Å². The molecular weight excluding hydrogens is 450 g/mol.